The topological polar surface area (TPSA) is 112 Å². The van der Waals surface area contributed by atoms with Crippen molar-refractivity contribution in [3.63, 3.8) is 0 Å². The summed E-state index contributed by atoms with van der Waals surface area (Å²) in [4.78, 5) is 36.7. The van der Waals surface area contributed by atoms with E-state index in [4.69, 9.17) is 4.74 Å². The summed E-state index contributed by atoms with van der Waals surface area (Å²) in [5.41, 5.74) is 0.958. The fourth-order valence-electron chi connectivity index (χ4n) is 3.36. The molecule has 1 aromatic heterocycles. The Morgan fingerprint density at radius 2 is 1.98 bits per heavy atom. The van der Waals surface area contributed by atoms with Gasteiger partial charge in [-0.05, 0) is 46.0 Å². The molecule has 0 aliphatic rings. The van der Waals surface area contributed by atoms with Crippen LogP contribution in [0.2, 0.25) is 0 Å². The molecule has 0 aliphatic heterocycles. The molecule has 2 aromatic rings. The Kier molecular flexibility index (Phi) is 14.0. The second-order valence-corrected chi connectivity index (χ2v) is 9.39. The number of unbranched alkanes of at least 4 members (excludes halogenated alkanes) is 1. The highest BCUT2D eigenvalue weighted by molar-refractivity contribution is 5.92. The number of nitrogens with zero attached hydrogens (tertiary/aromatic N) is 4. The molecule has 12 heteroatoms. The van der Waals surface area contributed by atoms with Crippen LogP contribution < -0.4 is 20.7 Å². The number of nitrogens with one attached hydrogen (secondary N) is 3. The van der Waals surface area contributed by atoms with Gasteiger partial charge in [0.2, 0.25) is 17.8 Å². The third kappa shape index (κ3) is 11.4. The van der Waals surface area contributed by atoms with Crippen molar-refractivity contribution in [1.29, 1.82) is 0 Å². The molecule has 0 fully saturated rings. The minimum atomic E-state index is -0.616. The maximum absolute atomic E-state index is 14.0. The third-order valence-corrected chi connectivity index (χ3v) is 5.84. The molecule has 0 spiro atoms. The highest BCUT2D eigenvalue weighted by Crippen LogP contribution is 2.23. The van der Waals surface area contributed by atoms with Crippen molar-refractivity contribution in [1.82, 2.24) is 25.1 Å². The van der Waals surface area contributed by atoms with Gasteiger partial charge in [-0.25, -0.2) is 9.37 Å². The number of halogens is 2. The molecule has 0 bridgehead atoms. The predicted molar refractivity (Wildman–Crippen MR) is 156 cm³/mol. The van der Waals surface area contributed by atoms with Gasteiger partial charge in [0.1, 0.15) is 11.9 Å². The number of methoxy groups -OCH3 is 1. The number of hydrogen-bond donors (Lipinski definition) is 3. The van der Waals surface area contributed by atoms with Gasteiger partial charge in [-0.2, -0.15) is 4.98 Å². The Hall–Kier alpha value is -4.24. The van der Waals surface area contributed by atoms with Gasteiger partial charge in [-0.3, -0.25) is 14.0 Å². The van der Waals surface area contributed by atoms with Crippen molar-refractivity contribution in [2.24, 2.45) is 0 Å². The number of rotatable bonds is 15. The van der Waals surface area contributed by atoms with Crippen LogP contribution in [-0.4, -0.2) is 92.2 Å². The first-order chi connectivity index (χ1) is 19.7. The smallest absolute Gasteiger partial charge is 0.246 e. The van der Waals surface area contributed by atoms with Crippen molar-refractivity contribution >= 4 is 29.3 Å². The summed E-state index contributed by atoms with van der Waals surface area (Å²) in [6.07, 6.45) is 6.14. The van der Waals surface area contributed by atoms with Gasteiger partial charge in [0.15, 0.2) is 11.6 Å². The zero-order chi connectivity index (χ0) is 30.2. The molecule has 10 nitrogen and oxygen atoms in total. The summed E-state index contributed by atoms with van der Waals surface area (Å²) in [6, 6.07) is 3.78. The molecular formula is C29H39F2N7O3. The van der Waals surface area contributed by atoms with Gasteiger partial charge >= 0.3 is 0 Å². The van der Waals surface area contributed by atoms with Gasteiger partial charge in [0.25, 0.3) is 0 Å². The Morgan fingerprint density at radius 1 is 1.20 bits per heavy atom. The summed E-state index contributed by atoms with van der Waals surface area (Å²) in [6.45, 7) is 2.58. The Labute approximate surface area is 240 Å². The van der Waals surface area contributed by atoms with Gasteiger partial charge in [-0.1, -0.05) is 17.9 Å². The Bertz CT molecular complexity index is 1240. The van der Waals surface area contributed by atoms with Crippen LogP contribution in [0.4, 0.5) is 26.2 Å². The number of hydrogen-bond acceptors (Lipinski definition) is 8. The van der Waals surface area contributed by atoms with Crippen LogP contribution in [0.5, 0.6) is 5.75 Å². The maximum atomic E-state index is 14.0. The SMILES string of the molecule is COc1ccc(Nc2ncc(C#CCCCNC(=O)C(C)N(C)C(=O)C=CCN(C)C)c(NCCCF)n2)cc1F. The van der Waals surface area contributed by atoms with Crippen LogP contribution in [0.3, 0.4) is 0 Å². The lowest BCUT2D eigenvalue weighted by molar-refractivity contribution is -0.135. The highest BCUT2D eigenvalue weighted by Gasteiger charge is 2.20. The molecule has 2 amide bonds. The number of ether oxygens (including phenoxy) is 1. The number of carbonyl (C=O) groups excluding carboxylic acids is 2. The number of aromatic nitrogens is 2. The van der Waals surface area contributed by atoms with E-state index in [0.717, 1.165) is 0 Å². The average Bonchev–Trinajstić information content (AvgIpc) is 2.94. The molecule has 3 N–H and O–H groups in total. The number of likely N-dealkylation sites (N-methyl/N-ethyl adjacent to an activating group) is 2. The number of benzene rings is 1. The first kappa shape index (κ1) is 33.0. The lowest BCUT2D eigenvalue weighted by Gasteiger charge is -2.23. The van der Waals surface area contributed by atoms with E-state index >= 15 is 0 Å². The predicted octanol–water partition coefficient (Wildman–Crippen LogP) is 3.35. The lowest BCUT2D eigenvalue weighted by atomic mass is 10.2. The number of anilines is 3. The van der Waals surface area contributed by atoms with E-state index in [1.807, 2.05) is 19.0 Å². The number of alkyl halides is 1. The standard InChI is InChI=1S/C29H39F2N7O3/c1-21(38(4)26(39)12-9-18-37(2)3)28(40)33-16-8-6-7-11-22-20-34-29(36-27(22)32-17-10-15-30)35-23-13-14-25(41-5)24(31)19-23/h9,12-14,19-21H,6,8,10,15-18H2,1-5H3,(H,33,40)(H2,32,34,35,36). The minimum Gasteiger partial charge on any atom is -0.494 e. The van der Waals surface area contributed by atoms with Crippen LogP contribution in [-0.2, 0) is 9.59 Å². The summed E-state index contributed by atoms with van der Waals surface area (Å²) in [5.74, 6) is 5.80. The first-order valence-electron chi connectivity index (χ1n) is 13.3. The summed E-state index contributed by atoms with van der Waals surface area (Å²) >= 11 is 0. The maximum Gasteiger partial charge on any atom is 0.246 e. The fraction of sp³-hybridized carbons (Fsp3) is 0.448. The van der Waals surface area contributed by atoms with Crippen LogP contribution in [0.25, 0.3) is 0 Å². The van der Waals surface area contributed by atoms with Crippen LogP contribution >= 0.6 is 0 Å². The zero-order valence-electron chi connectivity index (χ0n) is 24.3. The Balaban J connectivity index is 1.93. The molecule has 1 aromatic carbocycles. The summed E-state index contributed by atoms with van der Waals surface area (Å²) in [5, 5.41) is 8.83. The van der Waals surface area contributed by atoms with E-state index in [1.54, 1.807) is 26.1 Å². The average molecular weight is 572 g/mol. The molecule has 0 saturated carbocycles. The lowest BCUT2D eigenvalue weighted by Crippen LogP contribution is -2.45. The van der Waals surface area contributed by atoms with E-state index < -0.39 is 18.5 Å². The normalized spacial score (nSPS) is 11.5. The molecule has 0 radical (unpaired) electrons. The van der Waals surface area contributed by atoms with Crippen molar-refractivity contribution < 1.29 is 23.1 Å². The molecule has 2 rings (SSSR count). The zero-order valence-corrected chi connectivity index (χ0v) is 24.3. The first-order valence-corrected chi connectivity index (χ1v) is 13.3. The van der Waals surface area contributed by atoms with Crippen molar-refractivity contribution in [3.8, 4) is 17.6 Å². The fourth-order valence-corrected chi connectivity index (χ4v) is 3.36. The molecule has 1 atom stereocenters. The van der Waals surface area contributed by atoms with Crippen molar-refractivity contribution in [3.05, 3.63) is 47.9 Å². The summed E-state index contributed by atoms with van der Waals surface area (Å²) < 4.78 is 31.6. The monoisotopic (exact) mass is 571 g/mol. The van der Waals surface area contributed by atoms with E-state index in [9.17, 15) is 18.4 Å². The second kappa shape index (κ2) is 17.5. The van der Waals surface area contributed by atoms with E-state index in [-0.39, 0.29) is 23.5 Å². The van der Waals surface area contributed by atoms with E-state index in [0.29, 0.717) is 56.0 Å². The number of carbonyl (C=O) groups is 2. The van der Waals surface area contributed by atoms with E-state index in [2.05, 4.69) is 37.8 Å². The van der Waals surface area contributed by atoms with Crippen molar-refractivity contribution in [2.45, 2.75) is 32.2 Å². The van der Waals surface area contributed by atoms with Crippen molar-refractivity contribution in [2.75, 3.05) is 65.2 Å². The third-order valence-electron chi connectivity index (χ3n) is 5.84. The molecule has 0 saturated heterocycles. The van der Waals surface area contributed by atoms with Gasteiger partial charge in [0.05, 0.1) is 25.5 Å². The van der Waals surface area contributed by atoms with Gasteiger partial charge in [-0.15, -0.1) is 0 Å². The molecule has 1 heterocycles. The Morgan fingerprint density at radius 3 is 2.66 bits per heavy atom. The van der Waals surface area contributed by atoms with Gasteiger partial charge in [0, 0.05) is 50.9 Å². The van der Waals surface area contributed by atoms with Gasteiger partial charge < -0.3 is 30.5 Å². The molecule has 1 unspecified atom stereocenters. The molecule has 222 valence electrons. The summed E-state index contributed by atoms with van der Waals surface area (Å²) in [7, 11) is 6.78. The largest absolute Gasteiger partial charge is 0.494 e. The molecular weight excluding hydrogens is 532 g/mol. The molecule has 41 heavy (non-hydrogen) atoms. The van der Waals surface area contributed by atoms with Crippen LogP contribution in [0.15, 0.2) is 36.5 Å². The van der Waals surface area contributed by atoms with Crippen LogP contribution in [0, 0.1) is 17.7 Å². The second-order valence-electron chi connectivity index (χ2n) is 9.39. The quantitative estimate of drug-likeness (QED) is 0.170. The minimum absolute atomic E-state index is 0.121. The van der Waals surface area contributed by atoms with E-state index in [1.165, 1.54) is 36.4 Å². The number of amides is 2. The highest BCUT2D eigenvalue weighted by atomic mass is 19.1. The van der Waals surface area contributed by atoms with Crippen LogP contribution in [0.1, 0.15) is 31.7 Å². The molecule has 0 aliphatic carbocycles.